The summed E-state index contributed by atoms with van der Waals surface area (Å²) in [5, 5.41) is 8.61. The molecule has 1 atom stereocenters. The van der Waals surface area contributed by atoms with Crippen molar-refractivity contribution in [3.63, 3.8) is 0 Å². The standard InChI is InChI=1S/C9H18O3/c1-9(4-2-3-5-10)8-11-6-7-12-9/h10H,2-8H2,1H3. The van der Waals surface area contributed by atoms with Gasteiger partial charge in [0, 0.05) is 6.61 Å². The zero-order chi connectivity index (χ0) is 8.86. The Bertz CT molecular complexity index is 119. The van der Waals surface area contributed by atoms with Crippen molar-refractivity contribution in [3.05, 3.63) is 0 Å². The predicted molar refractivity (Wildman–Crippen MR) is 46.1 cm³/mol. The van der Waals surface area contributed by atoms with Crippen molar-refractivity contribution < 1.29 is 14.6 Å². The van der Waals surface area contributed by atoms with Crippen molar-refractivity contribution in [2.24, 2.45) is 0 Å². The van der Waals surface area contributed by atoms with Crippen LogP contribution in [0.5, 0.6) is 0 Å². The average molecular weight is 174 g/mol. The zero-order valence-electron chi connectivity index (χ0n) is 7.71. The molecule has 0 radical (unpaired) electrons. The minimum atomic E-state index is -0.104. The van der Waals surface area contributed by atoms with Crippen LogP contribution in [0.2, 0.25) is 0 Å². The molecule has 1 fully saturated rings. The molecule has 0 bridgehead atoms. The Kier molecular flexibility index (Phi) is 3.98. The third kappa shape index (κ3) is 3.09. The van der Waals surface area contributed by atoms with Gasteiger partial charge in [0.15, 0.2) is 0 Å². The third-order valence-corrected chi connectivity index (χ3v) is 2.20. The largest absolute Gasteiger partial charge is 0.396 e. The van der Waals surface area contributed by atoms with E-state index in [1.165, 1.54) is 0 Å². The maximum atomic E-state index is 8.61. The van der Waals surface area contributed by atoms with E-state index in [1.54, 1.807) is 0 Å². The van der Waals surface area contributed by atoms with Crippen LogP contribution in [0.4, 0.5) is 0 Å². The molecule has 1 N–H and O–H groups in total. The summed E-state index contributed by atoms with van der Waals surface area (Å²) in [5.74, 6) is 0. The van der Waals surface area contributed by atoms with Crippen molar-refractivity contribution in [1.82, 2.24) is 0 Å². The van der Waals surface area contributed by atoms with Crippen LogP contribution >= 0.6 is 0 Å². The fraction of sp³-hybridized carbons (Fsp3) is 1.00. The molecule has 0 aromatic heterocycles. The molecule has 1 aliphatic heterocycles. The summed E-state index contributed by atoms with van der Waals surface area (Å²) in [7, 11) is 0. The van der Waals surface area contributed by atoms with E-state index in [1.807, 2.05) is 0 Å². The number of hydrogen-bond acceptors (Lipinski definition) is 3. The molecule has 3 nitrogen and oxygen atoms in total. The fourth-order valence-corrected chi connectivity index (χ4v) is 1.43. The Labute approximate surface area is 73.7 Å². The number of aliphatic hydroxyl groups excluding tert-OH is 1. The molecular formula is C9H18O3. The summed E-state index contributed by atoms with van der Waals surface area (Å²) in [6.45, 7) is 4.46. The molecule has 1 unspecified atom stereocenters. The highest BCUT2D eigenvalue weighted by atomic mass is 16.6. The third-order valence-electron chi connectivity index (χ3n) is 2.20. The van der Waals surface area contributed by atoms with Crippen LogP contribution in [0.25, 0.3) is 0 Å². The van der Waals surface area contributed by atoms with E-state index >= 15 is 0 Å². The smallest absolute Gasteiger partial charge is 0.0888 e. The lowest BCUT2D eigenvalue weighted by molar-refractivity contribution is -0.151. The molecule has 3 heteroatoms. The summed E-state index contributed by atoms with van der Waals surface area (Å²) < 4.78 is 10.9. The molecule has 0 spiro atoms. The number of aliphatic hydroxyl groups is 1. The molecular weight excluding hydrogens is 156 g/mol. The highest BCUT2D eigenvalue weighted by Gasteiger charge is 2.27. The maximum Gasteiger partial charge on any atom is 0.0888 e. The first-order chi connectivity index (χ1) is 5.77. The first-order valence-corrected chi connectivity index (χ1v) is 4.59. The maximum absolute atomic E-state index is 8.61. The van der Waals surface area contributed by atoms with Gasteiger partial charge in [-0.25, -0.2) is 0 Å². The van der Waals surface area contributed by atoms with E-state index in [0.717, 1.165) is 25.9 Å². The lowest BCUT2D eigenvalue weighted by Crippen LogP contribution is -2.40. The van der Waals surface area contributed by atoms with Gasteiger partial charge in [0.1, 0.15) is 0 Å². The Morgan fingerprint density at radius 1 is 1.33 bits per heavy atom. The lowest BCUT2D eigenvalue weighted by atomic mass is 9.99. The van der Waals surface area contributed by atoms with E-state index in [2.05, 4.69) is 6.92 Å². The van der Waals surface area contributed by atoms with Gasteiger partial charge >= 0.3 is 0 Å². The van der Waals surface area contributed by atoms with Crippen LogP contribution in [-0.4, -0.2) is 37.1 Å². The molecule has 0 saturated carbocycles. The van der Waals surface area contributed by atoms with Gasteiger partial charge in [-0.15, -0.1) is 0 Å². The number of unbranched alkanes of at least 4 members (excludes halogenated alkanes) is 1. The van der Waals surface area contributed by atoms with Crippen LogP contribution in [0.15, 0.2) is 0 Å². The molecule has 12 heavy (non-hydrogen) atoms. The summed E-state index contributed by atoms with van der Waals surface area (Å²) in [6.07, 6.45) is 2.85. The second-order valence-electron chi connectivity index (χ2n) is 3.53. The average Bonchev–Trinajstić information content (AvgIpc) is 2.06. The molecule has 1 rings (SSSR count). The SMILES string of the molecule is CC1(CCCCO)COCCO1. The quantitative estimate of drug-likeness (QED) is 0.645. The van der Waals surface area contributed by atoms with E-state index in [9.17, 15) is 0 Å². The molecule has 1 aliphatic rings. The Morgan fingerprint density at radius 3 is 2.75 bits per heavy atom. The Hall–Kier alpha value is -0.120. The number of rotatable bonds is 4. The first kappa shape index (κ1) is 9.96. The van der Waals surface area contributed by atoms with Crippen molar-refractivity contribution >= 4 is 0 Å². The first-order valence-electron chi connectivity index (χ1n) is 4.59. The Balaban J connectivity index is 2.17. The van der Waals surface area contributed by atoms with Gasteiger partial charge in [0.25, 0.3) is 0 Å². The fourth-order valence-electron chi connectivity index (χ4n) is 1.43. The van der Waals surface area contributed by atoms with E-state index in [-0.39, 0.29) is 12.2 Å². The van der Waals surface area contributed by atoms with Crippen LogP contribution in [0, 0.1) is 0 Å². The van der Waals surface area contributed by atoms with Crippen molar-refractivity contribution in [2.75, 3.05) is 26.4 Å². The van der Waals surface area contributed by atoms with Gasteiger partial charge in [0.2, 0.25) is 0 Å². The second kappa shape index (κ2) is 4.80. The molecule has 0 aliphatic carbocycles. The van der Waals surface area contributed by atoms with Crippen LogP contribution in [0.1, 0.15) is 26.2 Å². The van der Waals surface area contributed by atoms with Crippen molar-refractivity contribution in [3.8, 4) is 0 Å². The highest BCUT2D eigenvalue weighted by Crippen LogP contribution is 2.21. The molecule has 72 valence electrons. The summed E-state index contributed by atoms with van der Waals surface area (Å²) in [5.41, 5.74) is -0.104. The predicted octanol–water partition coefficient (Wildman–Crippen LogP) is 0.954. The second-order valence-corrected chi connectivity index (χ2v) is 3.53. The van der Waals surface area contributed by atoms with Crippen LogP contribution in [0.3, 0.4) is 0 Å². The van der Waals surface area contributed by atoms with E-state index in [4.69, 9.17) is 14.6 Å². The Morgan fingerprint density at radius 2 is 2.17 bits per heavy atom. The minimum absolute atomic E-state index is 0.104. The lowest BCUT2D eigenvalue weighted by Gasteiger charge is -2.33. The van der Waals surface area contributed by atoms with Gasteiger partial charge in [-0.3, -0.25) is 0 Å². The summed E-state index contributed by atoms with van der Waals surface area (Å²) in [4.78, 5) is 0. The molecule has 0 aromatic carbocycles. The summed E-state index contributed by atoms with van der Waals surface area (Å²) >= 11 is 0. The minimum Gasteiger partial charge on any atom is -0.396 e. The normalized spacial score (nSPS) is 30.5. The molecule has 0 amide bonds. The van der Waals surface area contributed by atoms with Gasteiger partial charge in [-0.1, -0.05) is 0 Å². The van der Waals surface area contributed by atoms with Crippen molar-refractivity contribution in [2.45, 2.75) is 31.8 Å². The van der Waals surface area contributed by atoms with Gasteiger partial charge < -0.3 is 14.6 Å². The number of hydrogen-bond donors (Lipinski definition) is 1. The number of ether oxygens (including phenoxy) is 2. The van der Waals surface area contributed by atoms with E-state index in [0.29, 0.717) is 13.2 Å². The topological polar surface area (TPSA) is 38.7 Å². The summed E-state index contributed by atoms with van der Waals surface area (Å²) in [6, 6.07) is 0. The molecule has 1 heterocycles. The monoisotopic (exact) mass is 174 g/mol. The van der Waals surface area contributed by atoms with Crippen molar-refractivity contribution in [1.29, 1.82) is 0 Å². The van der Waals surface area contributed by atoms with Gasteiger partial charge in [-0.05, 0) is 26.2 Å². The van der Waals surface area contributed by atoms with Crippen LogP contribution < -0.4 is 0 Å². The molecule has 0 aromatic rings. The van der Waals surface area contributed by atoms with Crippen LogP contribution in [-0.2, 0) is 9.47 Å². The highest BCUT2D eigenvalue weighted by molar-refractivity contribution is 4.76. The van der Waals surface area contributed by atoms with Gasteiger partial charge in [0.05, 0.1) is 25.4 Å². The zero-order valence-corrected chi connectivity index (χ0v) is 7.71. The van der Waals surface area contributed by atoms with E-state index < -0.39 is 0 Å². The molecule has 1 saturated heterocycles. The van der Waals surface area contributed by atoms with Gasteiger partial charge in [-0.2, -0.15) is 0 Å².